The second-order valence-electron chi connectivity index (χ2n) is 8.82. The van der Waals surface area contributed by atoms with Gasteiger partial charge in [-0.1, -0.05) is 71.9 Å². The lowest BCUT2D eigenvalue weighted by atomic mass is 9.76. The second kappa shape index (κ2) is 4.72. The van der Waals surface area contributed by atoms with E-state index in [1.165, 1.54) is 38.6 Å². The van der Waals surface area contributed by atoms with Crippen LogP contribution in [-0.2, 0) is 17.3 Å². The van der Waals surface area contributed by atoms with Crippen molar-refractivity contribution in [2.24, 2.45) is 0 Å². The van der Waals surface area contributed by atoms with Gasteiger partial charge >= 0.3 is 0 Å². The van der Waals surface area contributed by atoms with Crippen molar-refractivity contribution in [2.45, 2.75) is 65.7 Å². The van der Waals surface area contributed by atoms with E-state index in [0.29, 0.717) is 0 Å². The molecule has 22 heavy (non-hydrogen) atoms. The fraction of sp³-hybridized carbons (Fsp3) is 0.455. The minimum absolute atomic E-state index is 0.177. The minimum Gasteiger partial charge on any atom is -0.0795 e. The number of benzene rings is 2. The molecule has 2 aromatic carbocycles. The average molecular weight is 292 g/mol. The molecule has 0 N–H and O–H groups in total. The molecule has 0 spiro atoms. The highest BCUT2D eigenvalue weighted by molar-refractivity contribution is 5.99. The molecule has 0 fully saturated rings. The number of aryl methyl sites for hydroxylation is 1. The van der Waals surface area contributed by atoms with Gasteiger partial charge < -0.3 is 0 Å². The van der Waals surface area contributed by atoms with Crippen LogP contribution in [0.25, 0.3) is 16.8 Å². The van der Waals surface area contributed by atoms with Crippen LogP contribution in [0.5, 0.6) is 0 Å². The lowest BCUT2D eigenvalue weighted by Gasteiger charge is -2.28. The van der Waals surface area contributed by atoms with Crippen molar-refractivity contribution in [1.29, 1.82) is 0 Å². The fourth-order valence-corrected chi connectivity index (χ4v) is 3.53. The van der Waals surface area contributed by atoms with Gasteiger partial charge in [-0.2, -0.15) is 0 Å². The molecule has 116 valence electrons. The van der Waals surface area contributed by atoms with Gasteiger partial charge in [-0.15, -0.1) is 0 Å². The van der Waals surface area contributed by atoms with Crippen LogP contribution < -0.4 is 0 Å². The van der Waals surface area contributed by atoms with Gasteiger partial charge in [0, 0.05) is 0 Å². The minimum atomic E-state index is 0.177. The van der Waals surface area contributed by atoms with Crippen molar-refractivity contribution in [2.75, 3.05) is 0 Å². The zero-order chi connectivity index (χ0) is 16.3. The first kappa shape index (κ1) is 15.3. The maximum absolute atomic E-state index is 2.43. The third-order valence-corrected chi connectivity index (χ3v) is 4.86. The topological polar surface area (TPSA) is 0 Å². The molecule has 0 nitrogen and oxygen atoms in total. The SMILES string of the molecule is Cc1cc(C(C)(C)C)c2c3c(cc(C(C)(C)C)cc13)CC=C2. The maximum Gasteiger partial charge on any atom is -0.00704 e. The van der Waals surface area contributed by atoms with E-state index in [-0.39, 0.29) is 10.8 Å². The molecule has 2 aromatic rings. The average Bonchev–Trinajstić information content (AvgIpc) is 2.40. The Morgan fingerprint density at radius 2 is 1.55 bits per heavy atom. The summed E-state index contributed by atoms with van der Waals surface area (Å²) in [5.74, 6) is 0. The van der Waals surface area contributed by atoms with Crippen LogP contribution in [0.4, 0.5) is 0 Å². The first-order chi connectivity index (χ1) is 10.1. The molecule has 0 heterocycles. The fourth-order valence-electron chi connectivity index (χ4n) is 3.53. The van der Waals surface area contributed by atoms with Crippen LogP contribution in [0.1, 0.15) is 69.4 Å². The van der Waals surface area contributed by atoms with Crippen LogP contribution in [0.15, 0.2) is 24.3 Å². The molecule has 3 rings (SSSR count). The predicted molar refractivity (Wildman–Crippen MR) is 98.8 cm³/mol. The summed E-state index contributed by atoms with van der Waals surface area (Å²) in [5.41, 5.74) is 7.63. The van der Waals surface area contributed by atoms with E-state index in [4.69, 9.17) is 0 Å². The zero-order valence-electron chi connectivity index (χ0n) is 15.1. The van der Waals surface area contributed by atoms with E-state index < -0.39 is 0 Å². The van der Waals surface area contributed by atoms with Gasteiger partial charge in [0.05, 0.1) is 0 Å². The molecule has 0 saturated heterocycles. The van der Waals surface area contributed by atoms with Crippen LogP contribution in [0.3, 0.4) is 0 Å². The third-order valence-electron chi connectivity index (χ3n) is 4.86. The van der Waals surface area contributed by atoms with Gasteiger partial charge in [-0.25, -0.2) is 0 Å². The highest BCUT2D eigenvalue weighted by Gasteiger charge is 2.24. The molecular formula is C22H28. The number of rotatable bonds is 0. The highest BCUT2D eigenvalue weighted by atomic mass is 14.3. The van der Waals surface area contributed by atoms with Crippen molar-refractivity contribution in [1.82, 2.24) is 0 Å². The summed E-state index contributed by atoms with van der Waals surface area (Å²) >= 11 is 0. The summed E-state index contributed by atoms with van der Waals surface area (Å²) in [5, 5.41) is 2.93. The zero-order valence-corrected chi connectivity index (χ0v) is 15.1. The molecular weight excluding hydrogens is 264 g/mol. The molecule has 0 bridgehead atoms. The molecule has 0 aromatic heterocycles. The van der Waals surface area contributed by atoms with Gasteiger partial charge in [0.15, 0.2) is 0 Å². The van der Waals surface area contributed by atoms with E-state index in [1.54, 1.807) is 0 Å². The Morgan fingerprint density at radius 1 is 0.864 bits per heavy atom. The Hall–Kier alpha value is -1.56. The standard InChI is InChI=1S/C22H28/c1-14-11-19(22(5,6)7)17-10-8-9-15-12-16(21(2,3)4)13-18(14)20(15)17/h8,10-13H,9H2,1-7H3. The lowest BCUT2D eigenvalue weighted by Crippen LogP contribution is -2.16. The summed E-state index contributed by atoms with van der Waals surface area (Å²) in [6.07, 6.45) is 5.72. The van der Waals surface area contributed by atoms with Crippen molar-refractivity contribution in [3.8, 4) is 0 Å². The lowest BCUT2D eigenvalue weighted by molar-refractivity contribution is 0.587. The maximum atomic E-state index is 2.43. The Bertz CT molecular complexity index is 775. The molecule has 0 saturated carbocycles. The Morgan fingerprint density at radius 3 is 2.14 bits per heavy atom. The van der Waals surface area contributed by atoms with Gasteiger partial charge in [0.25, 0.3) is 0 Å². The van der Waals surface area contributed by atoms with Crippen molar-refractivity contribution in [3.63, 3.8) is 0 Å². The normalized spacial score (nSPS) is 14.7. The Labute approximate surface area is 135 Å². The molecule has 0 unspecified atom stereocenters. The Balaban J connectivity index is 2.44. The number of hydrogen-bond donors (Lipinski definition) is 0. The number of hydrogen-bond acceptors (Lipinski definition) is 0. The summed E-state index contributed by atoms with van der Waals surface area (Å²) < 4.78 is 0. The third kappa shape index (κ3) is 2.39. The van der Waals surface area contributed by atoms with E-state index in [2.05, 4.69) is 78.8 Å². The molecule has 0 radical (unpaired) electrons. The van der Waals surface area contributed by atoms with Crippen molar-refractivity contribution >= 4 is 16.8 Å². The second-order valence-corrected chi connectivity index (χ2v) is 8.82. The molecule has 0 aliphatic heterocycles. The Kier molecular flexibility index (Phi) is 3.29. The first-order valence-corrected chi connectivity index (χ1v) is 8.37. The van der Waals surface area contributed by atoms with E-state index in [1.807, 2.05) is 0 Å². The van der Waals surface area contributed by atoms with E-state index in [0.717, 1.165) is 6.42 Å². The van der Waals surface area contributed by atoms with Crippen LogP contribution >= 0.6 is 0 Å². The van der Waals surface area contributed by atoms with Crippen LogP contribution in [-0.4, -0.2) is 0 Å². The summed E-state index contributed by atoms with van der Waals surface area (Å²) in [7, 11) is 0. The van der Waals surface area contributed by atoms with Gasteiger partial charge in [-0.3, -0.25) is 0 Å². The molecule has 0 heteroatoms. The van der Waals surface area contributed by atoms with Gasteiger partial charge in [0.1, 0.15) is 0 Å². The number of allylic oxidation sites excluding steroid dienone is 1. The molecule has 0 atom stereocenters. The quantitative estimate of drug-likeness (QED) is 0.533. The molecule has 0 amide bonds. The van der Waals surface area contributed by atoms with E-state index in [9.17, 15) is 0 Å². The molecule has 1 aliphatic carbocycles. The summed E-state index contributed by atoms with van der Waals surface area (Å²) in [4.78, 5) is 0. The van der Waals surface area contributed by atoms with Gasteiger partial charge in [0.2, 0.25) is 0 Å². The molecule has 1 aliphatic rings. The van der Waals surface area contributed by atoms with Crippen molar-refractivity contribution in [3.05, 3.63) is 52.1 Å². The largest absolute Gasteiger partial charge is 0.0795 e. The first-order valence-electron chi connectivity index (χ1n) is 8.37. The van der Waals surface area contributed by atoms with Crippen LogP contribution in [0, 0.1) is 6.92 Å². The summed E-state index contributed by atoms with van der Waals surface area (Å²) in [6.45, 7) is 16.1. The smallest absolute Gasteiger partial charge is 0.00704 e. The summed E-state index contributed by atoms with van der Waals surface area (Å²) in [6, 6.07) is 7.26. The van der Waals surface area contributed by atoms with Crippen LogP contribution in [0.2, 0.25) is 0 Å². The monoisotopic (exact) mass is 292 g/mol. The van der Waals surface area contributed by atoms with Crippen molar-refractivity contribution < 1.29 is 0 Å². The van der Waals surface area contributed by atoms with Gasteiger partial charge in [-0.05, 0) is 62.8 Å². The van der Waals surface area contributed by atoms with E-state index >= 15 is 0 Å². The highest BCUT2D eigenvalue weighted by Crippen LogP contribution is 2.40. The predicted octanol–water partition coefficient (Wildman–Crippen LogP) is 6.31.